The highest BCUT2D eigenvalue weighted by atomic mass is 32.2. The summed E-state index contributed by atoms with van der Waals surface area (Å²) in [5, 5.41) is 9.63. The summed E-state index contributed by atoms with van der Waals surface area (Å²) in [4.78, 5) is 10.7. The zero-order chi connectivity index (χ0) is 21.3. The second-order valence-corrected chi connectivity index (χ2v) is 9.94. The molecule has 1 aromatic carbocycles. The number of nitrogens with one attached hydrogen (secondary N) is 1. The van der Waals surface area contributed by atoms with Crippen molar-refractivity contribution in [2.24, 2.45) is 5.41 Å². The fourth-order valence-electron chi connectivity index (χ4n) is 4.95. The van der Waals surface area contributed by atoms with Crippen molar-refractivity contribution in [3.05, 3.63) is 40.6 Å². The van der Waals surface area contributed by atoms with Crippen LogP contribution < -0.4 is 9.62 Å². The molecule has 0 spiro atoms. The van der Waals surface area contributed by atoms with Crippen molar-refractivity contribution in [3.8, 4) is 11.3 Å². The Hall–Kier alpha value is -1.77. The van der Waals surface area contributed by atoms with E-state index in [1.165, 1.54) is 11.1 Å². The lowest BCUT2D eigenvalue weighted by Crippen LogP contribution is -2.51. The van der Waals surface area contributed by atoms with Gasteiger partial charge in [0.25, 0.3) is 5.92 Å². The summed E-state index contributed by atoms with van der Waals surface area (Å²) in [5.41, 5.74) is 4.46. The minimum Gasteiger partial charge on any atom is -0.389 e. The molecule has 5 nitrogen and oxygen atoms in total. The van der Waals surface area contributed by atoms with Gasteiger partial charge in [-0.2, -0.15) is 8.78 Å². The molecule has 8 heteroatoms. The van der Waals surface area contributed by atoms with E-state index in [-0.39, 0.29) is 30.0 Å². The fourth-order valence-corrected chi connectivity index (χ4v) is 5.63. The molecule has 1 saturated heterocycles. The maximum Gasteiger partial charge on any atom is 0.290 e. The lowest BCUT2D eigenvalue weighted by atomic mass is 9.86. The first-order valence-electron chi connectivity index (χ1n) is 10.3. The van der Waals surface area contributed by atoms with E-state index in [1.807, 2.05) is 12.3 Å². The summed E-state index contributed by atoms with van der Waals surface area (Å²) in [6.07, 6.45) is 2.55. The molecule has 2 heterocycles. The van der Waals surface area contributed by atoms with Crippen LogP contribution in [0.3, 0.4) is 0 Å². The van der Waals surface area contributed by atoms with Gasteiger partial charge in [-0.25, -0.2) is 9.97 Å². The largest absolute Gasteiger partial charge is 0.389 e. The Morgan fingerprint density at radius 1 is 1.23 bits per heavy atom. The molecule has 2 N–H and O–H groups in total. The van der Waals surface area contributed by atoms with Crippen molar-refractivity contribution in [2.45, 2.75) is 51.2 Å². The molecule has 3 aliphatic rings. The second-order valence-electron chi connectivity index (χ2n) is 9.30. The number of benzene rings is 1. The van der Waals surface area contributed by atoms with Gasteiger partial charge in [-0.3, -0.25) is 4.72 Å². The third kappa shape index (κ3) is 3.11. The number of aliphatic hydroxyl groups excluding tert-OH is 1. The van der Waals surface area contributed by atoms with Crippen LogP contribution in [0.5, 0.6) is 0 Å². The molecule has 160 valence electrons. The predicted molar refractivity (Wildman–Crippen MR) is 115 cm³/mol. The smallest absolute Gasteiger partial charge is 0.290 e. The van der Waals surface area contributed by atoms with Crippen LogP contribution in [0.25, 0.3) is 11.3 Å². The van der Waals surface area contributed by atoms with E-state index >= 15 is 0 Å². The average Bonchev–Trinajstić information content (AvgIpc) is 3.11. The molecule has 1 aliphatic heterocycles. The van der Waals surface area contributed by atoms with E-state index in [1.54, 1.807) is 16.8 Å². The first-order chi connectivity index (χ1) is 14.2. The third-order valence-electron chi connectivity index (χ3n) is 6.57. The topological polar surface area (TPSA) is 61.3 Å². The zero-order valence-corrected chi connectivity index (χ0v) is 18.2. The Morgan fingerprint density at radius 3 is 2.70 bits per heavy atom. The Bertz CT molecular complexity index is 1010. The van der Waals surface area contributed by atoms with E-state index in [2.05, 4.69) is 35.7 Å². The third-order valence-corrected chi connectivity index (χ3v) is 7.04. The highest BCUT2D eigenvalue weighted by Crippen LogP contribution is 2.48. The first kappa shape index (κ1) is 20.2. The maximum absolute atomic E-state index is 14.6. The summed E-state index contributed by atoms with van der Waals surface area (Å²) in [7, 11) is 0. The van der Waals surface area contributed by atoms with Crippen LogP contribution in [0.1, 0.15) is 48.7 Å². The summed E-state index contributed by atoms with van der Waals surface area (Å²) in [6, 6.07) is 6.48. The van der Waals surface area contributed by atoms with Crippen LogP contribution in [0, 0.1) is 5.41 Å². The van der Waals surface area contributed by atoms with Crippen molar-refractivity contribution in [1.29, 1.82) is 0 Å². The molecule has 30 heavy (non-hydrogen) atoms. The number of rotatable bonds is 4. The molecule has 2 aromatic rings. The number of aliphatic hydroxyl groups is 1. The Labute approximate surface area is 179 Å². The number of nitrogens with zero attached hydrogens (tertiary/aromatic N) is 3. The Kier molecular flexibility index (Phi) is 4.61. The first-order valence-corrected chi connectivity index (χ1v) is 11.6. The second kappa shape index (κ2) is 6.87. The lowest BCUT2D eigenvalue weighted by molar-refractivity contribution is -0.00596. The summed E-state index contributed by atoms with van der Waals surface area (Å²) in [6.45, 7) is 5.25. The van der Waals surface area contributed by atoms with Crippen molar-refractivity contribution < 1.29 is 13.9 Å². The van der Waals surface area contributed by atoms with Gasteiger partial charge in [-0.15, -0.1) is 0 Å². The molecule has 1 atom stereocenters. The normalized spacial score (nSPS) is 23.9. The summed E-state index contributed by atoms with van der Waals surface area (Å²) in [5.74, 6) is -2.64. The fraction of sp³-hybridized carbons (Fsp3) is 0.545. The van der Waals surface area contributed by atoms with Gasteiger partial charge < -0.3 is 10.0 Å². The number of anilines is 1. The molecule has 0 bridgehead atoms. The van der Waals surface area contributed by atoms with Gasteiger partial charge in [0.15, 0.2) is 0 Å². The SMILES string of the molecule is CSNC1c2ccc(-c3nc(N4CC(O)C4)nc4c3CCC4(F)F)cc2CC1(C)C. The summed E-state index contributed by atoms with van der Waals surface area (Å²) >= 11 is 1.62. The van der Waals surface area contributed by atoms with Crippen molar-refractivity contribution >= 4 is 17.9 Å². The summed E-state index contributed by atoms with van der Waals surface area (Å²) < 4.78 is 32.6. The van der Waals surface area contributed by atoms with Crippen LogP contribution in [0.15, 0.2) is 18.2 Å². The van der Waals surface area contributed by atoms with Gasteiger partial charge in [-0.05, 0) is 41.7 Å². The van der Waals surface area contributed by atoms with Crippen LogP contribution in [-0.4, -0.2) is 40.5 Å². The molecule has 1 unspecified atom stereocenters. The molecule has 0 radical (unpaired) electrons. The van der Waals surface area contributed by atoms with Crippen LogP contribution in [0.2, 0.25) is 0 Å². The van der Waals surface area contributed by atoms with Gasteiger partial charge in [0.2, 0.25) is 5.95 Å². The molecule has 1 aromatic heterocycles. The number of hydrogen-bond acceptors (Lipinski definition) is 6. The maximum atomic E-state index is 14.6. The number of fused-ring (bicyclic) bond motifs is 2. The van der Waals surface area contributed by atoms with Crippen LogP contribution in [0.4, 0.5) is 14.7 Å². The van der Waals surface area contributed by atoms with E-state index < -0.39 is 12.0 Å². The van der Waals surface area contributed by atoms with E-state index in [9.17, 15) is 13.9 Å². The van der Waals surface area contributed by atoms with Crippen LogP contribution >= 0.6 is 11.9 Å². The quantitative estimate of drug-likeness (QED) is 0.716. The lowest BCUT2D eigenvalue weighted by Gasteiger charge is -2.36. The van der Waals surface area contributed by atoms with E-state index in [0.717, 1.165) is 12.0 Å². The van der Waals surface area contributed by atoms with Crippen molar-refractivity contribution in [3.63, 3.8) is 0 Å². The Morgan fingerprint density at radius 2 is 2.00 bits per heavy atom. The minimum atomic E-state index is -2.93. The van der Waals surface area contributed by atoms with Gasteiger partial charge in [0, 0.05) is 36.7 Å². The van der Waals surface area contributed by atoms with Crippen molar-refractivity contribution in [2.75, 3.05) is 24.2 Å². The number of alkyl halides is 2. The van der Waals surface area contributed by atoms with Crippen molar-refractivity contribution in [1.82, 2.24) is 14.7 Å². The van der Waals surface area contributed by atoms with Gasteiger partial charge in [0.1, 0.15) is 5.69 Å². The van der Waals surface area contributed by atoms with Crippen LogP contribution in [-0.2, 0) is 18.8 Å². The zero-order valence-electron chi connectivity index (χ0n) is 17.4. The molecule has 1 fully saturated rings. The number of β-amino-alcohol motifs (C(OH)–C–C–N with tert-alkyl or cyclic N) is 1. The molecule has 2 aliphatic carbocycles. The number of aromatic nitrogens is 2. The van der Waals surface area contributed by atoms with Gasteiger partial charge >= 0.3 is 0 Å². The van der Waals surface area contributed by atoms with E-state index in [0.29, 0.717) is 30.3 Å². The molecular formula is C22H26F2N4OS. The molecular weight excluding hydrogens is 406 g/mol. The number of hydrogen-bond donors (Lipinski definition) is 2. The minimum absolute atomic E-state index is 0.0730. The Balaban J connectivity index is 1.60. The average molecular weight is 433 g/mol. The molecule has 0 amide bonds. The monoisotopic (exact) mass is 432 g/mol. The van der Waals surface area contributed by atoms with Gasteiger partial charge in [-0.1, -0.05) is 37.9 Å². The highest BCUT2D eigenvalue weighted by molar-refractivity contribution is 7.96. The van der Waals surface area contributed by atoms with E-state index in [4.69, 9.17) is 4.98 Å². The molecule has 0 saturated carbocycles. The predicted octanol–water partition coefficient (Wildman–Crippen LogP) is 3.85. The standard InChI is InChI=1S/C22H26F2N4OS/c1-21(2)9-13-8-12(4-5-15(13)18(21)27-30-3)17-16-6-7-22(23,24)19(16)26-20(25-17)28-10-14(29)11-28/h4-5,8,14,18,27,29H,6-7,9-11H2,1-3H3. The van der Waals surface area contributed by atoms with Gasteiger partial charge in [0.05, 0.1) is 11.8 Å². The number of halogens is 2. The molecule has 5 rings (SSSR count). The highest BCUT2D eigenvalue weighted by Gasteiger charge is 2.44.